The van der Waals surface area contributed by atoms with Crippen LogP contribution in [0.3, 0.4) is 0 Å². The van der Waals surface area contributed by atoms with E-state index in [1.165, 1.54) is 9.80 Å². The largest absolute Gasteiger partial charge is 0.480 e. The number of hydrogen-bond donors (Lipinski definition) is 1. The van der Waals surface area contributed by atoms with Crippen LogP contribution in [-0.4, -0.2) is 77.5 Å². The Kier molecular flexibility index (Phi) is 4.69. The first kappa shape index (κ1) is 15.6. The van der Waals surface area contributed by atoms with Crippen molar-refractivity contribution < 1.29 is 19.5 Å². The summed E-state index contributed by atoms with van der Waals surface area (Å²) in [4.78, 5) is 40.1. The van der Waals surface area contributed by atoms with Crippen LogP contribution < -0.4 is 0 Å². The number of rotatable bonds is 4. The second-order valence-corrected chi connectivity index (χ2v) is 6.05. The van der Waals surface area contributed by atoms with Crippen molar-refractivity contribution in [1.29, 1.82) is 0 Å². The van der Waals surface area contributed by atoms with E-state index in [9.17, 15) is 14.4 Å². The molecule has 21 heavy (non-hydrogen) atoms. The van der Waals surface area contributed by atoms with Gasteiger partial charge in [0.1, 0.15) is 6.54 Å². The molecule has 1 saturated heterocycles. The first-order valence-electron chi connectivity index (χ1n) is 7.38. The highest BCUT2D eigenvalue weighted by Gasteiger charge is 2.38. The summed E-state index contributed by atoms with van der Waals surface area (Å²) in [5.74, 6) is -1.37. The van der Waals surface area contributed by atoms with Gasteiger partial charge in [0, 0.05) is 33.2 Å². The summed E-state index contributed by atoms with van der Waals surface area (Å²) < 4.78 is 0. The molecule has 1 atom stereocenters. The van der Waals surface area contributed by atoms with Crippen molar-refractivity contribution in [1.82, 2.24) is 14.7 Å². The van der Waals surface area contributed by atoms with E-state index in [0.29, 0.717) is 13.1 Å². The van der Waals surface area contributed by atoms with E-state index in [0.717, 1.165) is 25.7 Å². The minimum Gasteiger partial charge on any atom is -0.480 e. The third-order valence-electron chi connectivity index (χ3n) is 4.00. The Labute approximate surface area is 124 Å². The van der Waals surface area contributed by atoms with Crippen LogP contribution in [0.5, 0.6) is 0 Å². The molecular weight excluding hydrogens is 274 g/mol. The van der Waals surface area contributed by atoms with Crippen LogP contribution in [0.25, 0.3) is 0 Å². The van der Waals surface area contributed by atoms with Crippen molar-refractivity contribution in [2.45, 2.75) is 31.7 Å². The van der Waals surface area contributed by atoms with E-state index >= 15 is 0 Å². The lowest BCUT2D eigenvalue weighted by Crippen LogP contribution is -2.50. The minimum absolute atomic E-state index is 0.0773. The van der Waals surface area contributed by atoms with Crippen molar-refractivity contribution in [2.75, 3.05) is 33.7 Å². The summed E-state index contributed by atoms with van der Waals surface area (Å²) in [5.41, 5.74) is 0. The first-order chi connectivity index (χ1) is 9.90. The minimum atomic E-state index is -0.979. The van der Waals surface area contributed by atoms with Crippen molar-refractivity contribution >= 4 is 17.9 Å². The molecule has 7 heteroatoms. The van der Waals surface area contributed by atoms with E-state index in [1.807, 2.05) is 0 Å². The second-order valence-electron chi connectivity index (χ2n) is 6.05. The highest BCUT2D eigenvalue weighted by Crippen LogP contribution is 2.30. The zero-order valence-corrected chi connectivity index (χ0v) is 12.6. The van der Waals surface area contributed by atoms with Crippen molar-refractivity contribution in [3.63, 3.8) is 0 Å². The van der Waals surface area contributed by atoms with Gasteiger partial charge in [-0.25, -0.2) is 4.79 Å². The zero-order valence-electron chi connectivity index (χ0n) is 12.6. The molecule has 0 radical (unpaired) electrons. The molecule has 2 aliphatic rings. The lowest BCUT2D eigenvalue weighted by molar-refractivity contribution is -0.147. The zero-order chi connectivity index (χ0) is 15.6. The molecule has 2 fully saturated rings. The molecule has 7 nitrogen and oxygen atoms in total. The number of urea groups is 1. The van der Waals surface area contributed by atoms with Gasteiger partial charge in [-0.05, 0) is 25.7 Å². The average Bonchev–Trinajstić information content (AvgIpc) is 3.27. The maximum absolute atomic E-state index is 12.6. The maximum Gasteiger partial charge on any atom is 0.323 e. The number of amides is 3. The summed E-state index contributed by atoms with van der Waals surface area (Å²) in [5, 5.41) is 8.96. The summed E-state index contributed by atoms with van der Waals surface area (Å²) in [6.45, 7) is 0.809. The Morgan fingerprint density at radius 1 is 1.19 bits per heavy atom. The van der Waals surface area contributed by atoms with Gasteiger partial charge >= 0.3 is 12.0 Å². The van der Waals surface area contributed by atoms with E-state index in [1.54, 1.807) is 19.0 Å². The third kappa shape index (κ3) is 3.86. The van der Waals surface area contributed by atoms with Crippen molar-refractivity contribution in [2.24, 2.45) is 5.92 Å². The molecule has 3 amide bonds. The predicted molar refractivity (Wildman–Crippen MR) is 75.8 cm³/mol. The smallest absolute Gasteiger partial charge is 0.323 e. The fourth-order valence-electron chi connectivity index (χ4n) is 2.79. The van der Waals surface area contributed by atoms with Gasteiger partial charge in [0.2, 0.25) is 5.91 Å². The number of carboxylic acid groups (broad SMARTS) is 1. The molecule has 0 spiro atoms. The second kappa shape index (κ2) is 6.32. The number of hydrogen-bond acceptors (Lipinski definition) is 3. The quantitative estimate of drug-likeness (QED) is 0.817. The molecule has 0 aromatic heterocycles. The molecule has 0 aromatic rings. The molecule has 1 aliphatic heterocycles. The highest BCUT2D eigenvalue weighted by atomic mass is 16.4. The molecule has 118 valence electrons. The van der Waals surface area contributed by atoms with Gasteiger partial charge in [0.25, 0.3) is 0 Å². The fourth-order valence-corrected chi connectivity index (χ4v) is 2.79. The Bertz CT molecular complexity index is 434. The number of carbonyl (C=O) groups excluding carboxylic acids is 2. The summed E-state index contributed by atoms with van der Waals surface area (Å²) in [6.07, 6.45) is 3.26. The molecule has 1 aliphatic carbocycles. The molecule has 1 unspecified atom stereocenters. The monoisotopic (exact) mass is 297 g/mol. The predicted octanol–water partition coefficient (Wildman–Crippen LogP) is 0.456. The lowest BCUT2D eigenvalue weighted by atomic mass is 9.96. The van der Waals surface area contributed by atoms with Gasteiger partial charge < -0.3 is 19.8 Å². The lowest BCUT2D eigenvalue weighted by Gasteiger charge is -2.35. The standard InChI is InChI=1S/C14H23N3O4/c1-15(2)14(21)16-7-3-4-10(8-16)13(20)17(9-12(18)19)11-5-6-11/h10-11H,3-9H2,1-2H3,(H,18,19). The van der Waals surface area contributed by atoms with Crippen LogP contribution in [0.2, 0.25) is 0 Å². The number of aliphatic carboxylic acids is 1. The Balaban J connectivity index is 2.00. The van der Waals surface area contributed by atoms with E-state index in [-0.39, 0.29) is 30.4 Å². The molecule has 0 bridgehead atoms. The van der Waals surface area contributed by atoms with Gasteiger partial charge in [0.05, 0.1) is 5.92 Å². The Hall–Kier alpha value is -1.79. The van der Waals surface area contributed by atoms with Crippen LogP contribution in [0.1, 0.15) is 25.7 Å². The summed E-state index contributed by atoms with van der Waals surface area (Å²) in [7, 11) is 3.38. The van der Waals surface area contributed by atoms with E-state index in [4.69, 9.17) is 5.11 Å². The molecule has 0 aromatic carbocycles. The van der Waals surface area contributed by atoms with Crippen molar-refractivity contribution in [3.8, 4) is 0 Å². The normalized spacial score (nSPS) is 21.8. The first-order valence-corrected chi connectivity index (χ1v) is 7.38. The van der Waals surface area contributed by atoms with E-state index < -0.39 is 5.97 Å². The number of carbonyl (C=O) groups is 3. The molecular formula is C14H23N3O4. The average molecular weight is 297 g/mol. The topological polar surface area (TPSA) is 81.2 Å². The molecule has 1 N–H and O–H groups in total. The molecule has 1 saturated carbocycles. The van der Waals surface area contributed by atoms with Gasteiger partial charge in [0.15, 0.2) is 0 Å². The van der Waals surface area contributed by atoms with Gasteiger partial charge in [-0.1, -0.05) is 0 Å². The van der Waals surface area contributed by atoms with Crippen LogP contribution in [-0.2, 0) is 9.59 Å². The van der Waals surface area contributed by atoms with Gasteiger partial charge in [-0.15, -0.1) is 0 Å². The number of nitrogens with zero attached hydrogens (tertiary/aromatic N) is 3. The molecule has 1 heterocycles. The SMILES string of the molecule is CN(C)C(=O)N1CCCC(C(=O)N(CC(=O)O)C2CC2)C1. The summed E-state index contributed by atoms with van der Waals surface area (Å²) >= 11 is 0. The van der Waals surface area contributed by atoms with Crippen LogP contribution in [0.4, 0.5) is 4.79 Å². The van der Waals surface area contributed by atoms with Gasteiger partial charge in [-0.2, -0.15) is 0 Å². The Morgan fingerprint density at radius 3 is 2.38 bits per heavy atom. The number of piperidine rings is 1. The van der Waals surface area contributed by atoms with Gasteiger partial charge in [-0.3, -0.25) is 9.59 Å². The number of likely N-dealkylation sites (tertiary alicyclic amines) is 1. The third-order valence-corrected chi connectivity index (χ3v) is 4.00. The van der Waals surface area contributed by atoms with Crippen LogP contribution in [0.15, 0.2) is 0 Å². The van der Waals surface area contributed by atoms with Crippen LogP contribution in [0, 0.1) is 5.92 Å². The number of carboxylic acids is 1. The van der Waals surface area contributed by atoms with Crippen molar-refractivity contribution in [3.05, 3.63) is 0 Å². The van der Waals surface area contributed by atoms with E-state index in [2.05, 4.69) is 0 Å². The molecule has 2 rings (SSSR count). The summed E-state index contributed by atoms with van der Waals surface area (Å²) in [6, 6.07) is -0.0165. The highest BCUT2D eigenvalue weighted by molar-refractivity contribution is 5.84. The van der Waals surface area contributed by atoms with Crippen LogP contribution >= 0.6 is 0 Å². The Morgan fingerprint density at radius 2 is 1.86 bits per heavy atom. The fraction of sp³-hybridized carbons (Fsp3) is 0.786. The maximum atomic E-state index is 12.6.